The Bertz CT molecular complexity index is 366. The van der Waals surface area contributed by atoms with Crippen molar-refractivity contribution >= 4 is 12.2 Å². The molecule has 0 spiro atoms. The molecule has 19 heavy (non-hydrogen) atoms. The fraction of sp³-hybridized carbons (Fsp3) is 0.857. The molecule has 0 aromatic rings. The average Bonchev–Trinajstić information content (AvgIpc) is 2.83. The van der Waals surface area contributed by atoms with E-state index in [1.807, 2.05) is 16.0 Å². The standard InChI is InChI=1S/C14H24N4O/c1-11-9-17(14(19)16-7-3-4-8-16)10-12(2)18(11)13-5-6-15-13/h6,11-13H,3-5,7-10H2,1-2H3/t11-,12+,13?. The van der Waals surface area contributed by atoms with Gasteiger partial charge in [0.15, 0.2) is 0 Å². The first kappa shape index (κ1) is 12.9. The lowest BCUT2D eigenvalue weighted by atomic mass is 10.0. The van der Waals surface area contributed by atoms with Crippen molar-refractivity contribution in [1.82, 2.24) is 14.7 Å². The highest BCUT2D eigenvalue weighted by Gasteiger charge is 2.38. The molecule has 0 radical (unpaired) electrons. The van der Waals surface area contributed by atoms with Gasteiger partial charge in [-0.3, -0.25) is 9.89 Å². The normalized spacial score (nSPS) is 35.6. The number of likely N-dealkylation sites (tertiary alicyclic amines) is 1. The number of rotatable bonds is 1. The van der Waals surface area contributed by atoms with Gasteiger partial charge in [-0.2, -0.15) is 0 Å². The fourth-order valence-corrected chi connectivity index (χ4v) is 3.59. The van der Waals surface area contributed by atoms with Crippen LogP contribution in [-0.2, 0) is 0 Å². The average molecular weight is 264 g/mol. The minimum Gasteiger partial charge on any atom is -0.325 e. The van der Waals surface area contributed by atoms with Crippen LogP contribution < -0.4 is 0 Å². The van der Waals surface area contributed by atoms with Crippen LogP contribution in [0.1, 0.15) is 33.1 Å². The van der Waals surface area contributed by atoms with Gasteiger partial charge < -0.3 is 9.80 Å². The van der Waals surface area contributed by atoms with E-state index in [-0.39, 0.29) is 6.03 Å². The first-order valence-corrected chi connectivity index (χ1v) is 7.49. The van der Waals surface area contributed by atoms with Gasteiger partial charge >= 0.3 is 6.03 Å². The molecule has 0 bridgehead atoms. The van der Waals surface area contributed by atoms with Gasteiger partial charge in [-0.05, 0) is 26.7 Å². The molecule has 0 saturated carbocycles. The third-order valence-corrected chi connectivity index (χ3v) is 4.57. The van der Waals surface area contributed by atoms with Crippen LogP contribution in [0.2, 0.25) is 0 Å². The number of carbonyl (C=O) groups excluding carboxylic acids is 1. The van der Waals surface area contributed by atoms with E-state index < -0.39 is 0 Å². The van der Waals surface area contributed by atoms with Crippen molar-refractivity contribution in [1.29, 1.82) is 0 Å². The minimum atomic E-state index is 0.243. The van der Waals surface area contributed by atoms with Crippen LogP contribution in [0.5, 0.6) is 0 Å². The zero-order valence-corrected chi connectivity index (χ0v) is 12.0. The van der Waals surface area contributed by atoms with E-state index in [9.17, 15) is 4.79 Å². The Balaban J connectivity index is 1.63. The number of urea groups is 1. The first-order valence-electron chi connectivity index (χ1n) is 7.49. The smallest absolute Gasteiger partial charge is 0.320 e. The van der Waals surface area contributed by atoms with Crippen LogP contribution in [0.15, 0.2) is 4.99 Å². The second-order valence-electron chi connectivity index (χ2n) is 6.07. The summed E-state index contributed by atoms with van der Waals surface area (Å²) < 4.78 is 0. The Morgan fingerprint density at radius 2 is 1.68 bits per heavy atom. The van der Waals surface area contributed by atoms with Crippen LogP contribution >= 0.6 is 0 Å². The summed E-state index contributed by atoms with van der Waals surface area (Å²) in [6.07, 6.45) is 5.73. The number of hydrogen-bond acceptors (Lipinski definition) is 3. The lowest BCUT2D eigenvalue weighted by Gasteiger charge is -2.48. The highest BCUT2D eigenvalue weighted by Crippen LogP contribution is 2.25. The van der Waals surface area contributed by atoms with E-state index >= 15 is 0 Å². The van der Waals surface area contributed by atoms with Crippen molar-refractivity contribution in [2.45, 2.75) is 51.4 Å². The third kappa shape index (κ3) is 2.36. The third-order valence-electron chi connectivity index (χ3n) is 4.57. The molecule has 3 rings (SSSR count). The summed E-state index contributed by atoms with van der Waals surface area (Å²) in [4.78, 5) is 23.4. The summed E-state index contributed by atoms with van der Waals surface area (Å²) in [6, 6.07) is 1.04. The maximum atomic E-state index is 12.5. The zero-order valence-electron chi connectivity index (χ0n) is 12.0. The Hall–Kier alpha value is -1.10. The van der Waals surface area contributed by atoms with Gasteiger partial charge in [0.25, 0.3) is 0 Å². The van der Waals surface area contributed by atoms with Crippen LogP contribution in [-0.4, -0.2) is 71.4 Å². The van der Waals surface area contributed by atoms with Gasteiger partial charge in [0.05, 0.1) is 0 Å². The van der Waals surface area contributed by atoms with Crippen molar-refractivity contribution in [2.24, 2.45) is 4.99 Å². The summed E-state index contributed by atoms with van der Waals surface area (Å²) in [6.45, 7) is 7.99. The molecule has 2 fully saturated rings. The Labute approximate surface area is 115 Å². The maximum absolute atomic E-state index is 12.5. The van der Waals surface area contributed by atoms with E-state index in [2.05, 4.69) is 23.7 Å². The van der Waals surface area contributed by atoms with Crippen LogP contribution in [0.25, 0.3) is 0 Å². The zero-order chi connectivity index (χ0) is 13.4. The summed E-state index contributed by atoms with van der Waals surface area (Å²) in [5.41, 5.74) is 0. The molecule has 5 nitrogen and oxygen atoms in total. The van der Waals surface area contributed by atoms with Crippen LogP contribution in [0.3, 0.4) is 0 Å². The summed E-state index contributed by atoms with van der Waals surface area (Å²) in [5, 5.41) is 0. The van der Waals surface area contributed by atoms with Crippen molar-refractivity contribution in [3.8, 4) is 0 Å². The number of piperazine rings is 1. The molecule has 0 N–H and O–H groups in total. The predicted molar refractivity (Wildman–Crippen MR) is 75.4 cm³/mol. The molecule has 2 amide bonds. The summed E-state index contributed by atoms with van der Waals surface area (Å²) in [5.74, 6) is 0. The number of carbonyl (C=O) groups is 1. The van der Waals surface area contributed by atoms with E-state index in [0.29, 0.717) is 18.2 Å². The monoisotopic (exact) mass is 264 g/mol. The molecule has 0 aliphatic carbocycles. The molecule has 3 atom stereocenters. The Morgan fingerprint density at radius 1 is 1.11 bits per heavy atom. The van der Waals surface area contributed by atoms with Gasteiger partial charge in [-0.25, -0.2) is 4.79 Å². The Morgan fingerprint density at radius 3 is 2.16 bits per heavy atom. The van der Waals surface area contributed by atoms with Crippen molar-refractivity contribution in [2.75, 3.05) is 26.2 Å². The topological polar surface area (TPSA) is 39.2 Å². The maximum Gasteiger partial charge on any atom is 0.320 e. The molecule has 5 heteroatoms. The molecular weight excluding hydrogens is 240 g/mol. The second kappa shape index (κ2) is 5.12. The molecule has 3 aliphatic rings. The van der Waals surface area contributed by atoms with Crippen LogP contribution in [0, 0.1) is 0 Å². The molecule has 3 heterocycles. The molecule has 0 aromatic carbocycles. The number of aliphatic imine (C=N–C) groups is 1. The van der Waals surface area contributed by atoms with Crippen molar-refractivity contribution in [3.63, 3.8) is 0 Å². The highest BCUT2D eigenvalue weighted by molar-refractivity contribution is 5.75. The molecule has 0 aromatic heterocycles. The second-order valence-corrected chi connectivity index (χ2v) is 6.07. The molecule has 106 valence electrons. The minimum absolute atomic E-state index is 0.243. The van der Waals surface area contributed by atoms with E-state index in [0.717, 1.165) is 45.4 Å². The van der Waals surface area contributed by atoms with Crippen molar-refractivity contribution in [3.05, 3.63) is 0 Å². The van der Waals surface area contributed by atoms with Crippen molar-refractivity contribution < 1.29 is 4.79 Å². The Kier molecular flexibility index (Phi) is 3.48. The molecular formula is C14H24N4O. The fourth-order valence-electron chi connectivity index (χ4n) is 3.59. The van der Waals surface area contributed by atoms with Gasteiger partial charge in [-0.1, -0.05) is 0 Å². The predicted octanol–water partition coefficient (Wildman–Crippen LogP) is 1.40. The lowest BCUT2D eigenvalue weighted by molar-refractivity contribution is 0.0155. The summed E-state index contributed by atoms with van der Waals surface area (Å²) in [7, 11) is 0. The first-order chi connectivity index (χ1) is 9.16. The van der Waals surface area contributed by atoms with Gasteiger partial charge in [0.2, 0.25) is 0 Å². The van der Waals surface area contributed by atoms with E-state index in [1.165, 1.54) is 0 Å². The molecule has 1 unspecified atom stereocenters. The number of amides is 2. The largest absolute Gasteiger partial charge is 0.325 e. The van der Waals surface area contributed by atoms with E-state index in [4.69, 9.17) is 0 Å². The van der Waals surface area contributed by atoms with Crippen LogP contribution in [0.4, 0.5) is 4.79 Å². The van der Waals surface area contributed by atoms with Gasteiger partial charge in [0, 0.05) is 50.9 Å². The quantitative estimate of drug-likeness (QED) is 0.718. The SMILES string of the molecule is C[C@@H]1CN(C(=O)N2CCCC2)C[C@H](C)N1C1CC=N1. The van der Waals surface area contributed by atoms with Gasteiger partial charge in [0.1, 0.15) is 6.17 Å². The number of nitrogens with zero attached hydrogens (tertiary/aromatic N) is 4. The summed E-state index contributed by atoms with van der Waals surface area (Å²) >= 11 is 0. The highest BCUT2D eigenvalue weighted by atomic mass is 16.2. The van der Waals surface area contributed by atoms with E-state index in [1.54, 1.807) is 0 Å². The molecule has 2 saturated heterocycles. The lowest BCUT2D eigenvalue weighted by Crippen LogP contribution is -2.62. The number of hydrogen-bond donors (Lipinski definition) is 0. The molecule has 3 aliphatic heterocycles. The van der Waals surface area contributed by atoms with Gasteiger partial charge in [-0.15, -0.1) is 0 Å².